The van der Waals surface area contributed by atoms with E-state index in [1.807, 2.05) is 26.0 Å². The topological polar surface area (TPSA) is 47.0 Å². The van der Waals surface area contributed by atoms with Gasteiger partial charge in [-0.25, -0.2) is 0 Å². The Morgan fingerprint density at radius 2 is 1.57 bits per heavy atom. The van der Waals surface area contributed by atoms with Crippen LogP contribution in [0.2, 0.25) is 0 Å². The Balaban J connectivity index is 2.06. The maximum Gasteiger partial charge on any atom is 0.190 e. The molecule has 3 rings (SSSR count). The second-order valence-corrected chi connectivity index (χ2v) is 5.91. The molecule has 0 aliphatic heterocycles. The van der Waals surface area contributed by atoms with Gasteiger partial charge in [0.15, 0.2) is 11.6 Å². The SMILES string of the molecule is CCCC1=C(Cc2ccc(C)cn2)C(=O)c2ccccc2C1=O. The number of carbonyl (C=O) groups is 2. The molecule has 0 amide bonds. The Hall–Kier alpha value is -2.55. The van der Waals surface area contributed by atoms with Crippen LogP contribution in [-0.4, -0.2) is 16.6 Å². The molecule has 1 heterocycles. The van der Waals surface area contributed by atoms with Crippen LogP contribution >= 0.6 is 0 Å². The van der Waals surface area contributed by atoms with Crippen molar-refractivity contribution in [3.63, 3.8) is 0 Å². The number of hydrogen-bond donors (Lipinski definition) is 0. The molecule has 0 unspecified atom stereocenters. The van der Waals surface area contributed by atoms with E-state index in [2.05, 4.69) is 4.98 Å². The Labute approximate surface area is 136 Å². The molecule has 0 saturated heterocycles. The summed E-state index contributed by atoms with van der Waals surface area (Å²) in [7, 11) is 0. The molecule has 0 radical (unpaired) electrons. The second kappa shape index (κ2) is 6.29. The third kappa shape index (κ3) is 2.87. The molecular weight excluding hydrogens is 286 g/mol. The van der Waals surface area contributed by atoms with Crippen LogP contribution in [0.1, 0.15) is 51.7 Å². The monoisotopic (exact) mass is 305 g/mol. The van der Waals surface area contributed by atoms with Crippen LogP contribution in [0.3, 0.4) is 0 Å². The molecule has 23 heavy (non-hydrogen) atoms. The van der Waals surface area contributed by atoms with Crippen molar-refractivity contribution < 1.29 is 9.59 Å². The maximum atomic E-state index is 12.9. The number of aromatic nitrogens is 1. The predicted octanol–water partition coefficient (Wildman–Crippen LogP) is 4.11. The van der Waals surface area contributed by atoms with Gasteiger partial charge in [0, 0.05) is 40.6 Å². The molecule has 0 N–H and O–H groups in total. The molecule has 0 fully saturated rings. The first-order valence-corrected chi connectivity index (χ1v) is 7.93. The number of hydrogen-bond acceptors (Lipinski definition) is 3. The quantitative estimate of drug-likeness (QED) is 0.854. The number of allylic oxidation sites excluding steroid dienone is 2. The molecule has 3 nitrogen and oxygen atoms in total. The van der Waals surface area contributed by atoms with E-state index >= 15 is 0 Å². The molecule has 3 heteroatoms. The number of ketones is 2. The van der Waals surface area contributed by atoms with E-state index < -0.39 is 0 Å². The highest BCUT2D eigenvalue weighted by Gasteiger charge is 2.31. The highest BCUT2D eigenvalue weighted by molar-refractivity contribution is 6.27. The van der Waals surface area contributed by atoms with Gasteiger partial charge in [0.2, 0.25) is 0 Å². The smallest absolute Gasteiger partial charge is 0.190 e. The van der Waals surface area contributed by atoms with Gasteiger partial charge in [-0.15, -0.1) is 0 Å². The number of benzene rings is 1. The van der Waals surface area contributed by atoms with Crippen molar-refractivity contribution >= 4 is 11.6 Å². The van der Waals surface area contributed by atoms with Gasteiger partial charge in [0.25, 0.3) is 0 Å². The van der Waals surface area contributed by atoms with Gasteiger partial charge >= 0.3 is 0 Å². The van der Waals surface area contributed by atoms with Crippen LogP contribution in [0.5, 0.6) is 0 Å². The minimum absolute atomic E-state index is 0.0100. The first kappa shape index (κ1) is 15.3. The molecule has 0 atom stereocenters. The van der Waals surface area contributed by atoms with Gasteiger partial charge < -0.3 is 0 Å². The van der Waals surface area contributed by atoms with Crippen molar-refractivity contribution in [1.29, 1.82) is 0 Å². The summed E-state index contributed by atoms with van der Waals surface area (Å²) in [5, 5.41) is 0. The van der Waals surface area contributed by atoms with Crippen LogP contribution in [0, 0.1) is 6.92 Å². The first-order chi connectivity index (χ1) is 11.1. The minimum atomic E-state index is -0.0361. The van der Waals surface area contributed by atoms with Gasteiger partial charge in [-0.1, -0.05) is 43.7 Å². The number of rotatable bonds is 4. The van der Waals surface area contributed by atoms with E-state index in [1.165, 1.54) is 0 Å². The summed E-state index contributed by atoms with van der Waals surface area (Å²) in [5.41, 5.74) is 4.19. The lowest BCUT2D eigenvalue weighted by molar-refractivity contribution is 0.0969. The van der Waals surface area contributed by atoms with Crippen LogP contribution < -0.4 is 0 Å². The minimum Gasteiger partial charge on any atom is -0.289 e. The summed E-state index contributed by atoms with van der Waals surface area (Å²) in [6.07, 6.45) is 3.66. The third-order valence-corrected chi connectivity index (χ3v) is 4.16. The fourth-order valence-electron chi connectivity index (χ4n) is 2.96. The van der Waals surface area contributed by atoms with Crippen molar-refractivity contribution in [2.45, 2.75) is 33.1 Å². The summed E-state index contributed by atoms with van der Waals surface area (Å²) in [5.74, 6) is -0.0461. The van der Waals surface area contributed by atoms with Crippen LogP contribution in [0.15, 0.2) is 53.7 Å². The first-order valence-electron chi connectivity index (χ1n) is 7.93. The van der Waals surface area contributed by atoms with E-state index in [0.717, 1.165) is 17.7 Å². The lowest BCUT2D eigenvalue weighted by atomic mass is 9.80. The number of nitrogens with zero attached hydrogens (tertiary/aromatic N) is 1. The zero-order chi connectivity index (χ0) is 16.4. The zero-order valence-corrected chi connectivity index (χ0v) is 13.4. The van der Waals surface area contributed by atoms with Gasteiger partial charge in [0.05, 0.1) is 0 Å². The number of pyridine rings is 1. The Morgan fingerprint density at radius 3 is 2.13 bits per heavy atom. The average Bonchev–Trinajstić information content (AvgIpc) is 2.57. The Bertz CT molecular complexity index is 801. The molecule has 0 saturated carbocycles. The summed E-state index contributed by atoms with van der Waals surface area (Å²) in [6.45, 7) is 4.00. The lowest BCUT2D eigenvalue weighted by Gasteiger charge is -2.21. The molecule has 1 aromatic heterocycles. The summed E-state index contributed by atoms with van der Waals surface area (Å²) in [4.78, 5) is 30.0. The van der Waals surface area contributed by atoms with Crippen LogP contribution in [0.25, 0.3) is 0 Å². The summed E-state index contributed by atoms with van der Waals surface area (Å²) >= 11 is 0. The van der Waals surface area contributed by atoms with E-state index in [1.54, 1.807) is 30.5 Å². The molecule has 0 bridgehead atoms. The third-order valence-electron chi connectivity index (χ3n) is 4.16. The van der Waals surface area contributed by atoms with Crippen molar-refractivity contribution in [1.82, 2.24) is 4.98 Å². The van der Waals surface area contributed by atoms with Gasteiger partial charge in [-0.2, -0.15) is 0 Å². The number of carbonyl (C=O) groups excluding carboxylic acids is 2. The van der Waals surface area contributed by atoms with Crippen molar-refractivity contribution in [3.8, 4) is 0 Å². The highest BCUT2D eigenvalue weighted by Crippen LogP contribution is 2.30. The van der Waals surface area contributed by atoms with Gasteiger partial charge in [0.1, 0.15) is 0 Å². The molecule has 2 aromatic rings. The zero-order valence-electron chi connectivity index (χ0n) is 13.4. The second-order valence-electron chi connectivity index (χ2n) is 5.91. The molecule has 0 spiro atoms. The fourth-order valence-corrected chi connectivity index (χ4v) is 2.96. The van der Waals surface area contributed by atoms with Gasteiger partial charge in [-0.3, -0.25) is 14.6 Å². The Morgan fingerprint density at radius 1 is 0.913 bits per heavy atom. The maximum absolute atomic E-state index is 12.9. The number of aryl methyl sites for hydroxylation is 1. The van der Waals surface area contributed by atoms with E-state index in [-0.39, 0.29) is 11.6 Å². The standard InChI is InChI=1S/C20H19NO2/c1-3-6-15-18(11-14-10-9-13(2)12-21-14)20(23)17-8-5-4-7-16(17)19(15)22/h4-5,7-10,12H,3,6,11H2,1-2H3. The van der Waals surface area contributed by atoms with Crippen molar-refractivity contribution in [3.05, 3.63) is 76.1 Å². The molecule has 1 aromatic carbocycles. The van der Waals surface area contributed by atoms with Crippen LogP contribution in [-0.2, 0) is 6.42 Å². The van der Waals surface area contributed by atoms with Crippen molar-refractivity contribution in [2.24, 2.45) is 0 Å². The number of fused-ring (bicyclic) bond motifs is 1. The average molecular weight is 305 g/mol. The van der Waals surface area contributed by atoms with E-state index in [9.17, 15) is 9.59 Å². The fraction of sp³-hybridized carbons (Fsp3) is 0.250. The predicted molar refractivity (Wildman–Crippen MR) is 89.7 cm³/mol. The molecule has 1 aliphatic rings. The molecule has 1 aliphatic carbocycles. The normalized spacial score (nSPS) is 14.2. The summed E-state index contributed by atoms with van der Waals surface area (Å²) < 4.78 is 0. The highest BCUT2D eigenvalue weighted by atomic mass is 16.1. The molecule has 116 valence electrons. The molecular formula is C20H19NO2. The summed E-state index contributed by atoms with van der Waals surface area (Å²) in [6, 6.07) is 11.0. The van der Waals surface area contributed by atoms with Crippen LogP contribution in [0.4, 0.5) is 0 Å². The largest absolute Gasteiger partial charge is 0.289 e. The lowest BCUT2D eigenvalue weighted by Crippen LogP contribution is -2.23. The van der Waals surface area contributed by atoms with Gasteiger partial charge in [-0.05, 0) is 25.0 Å². The van der Waals surface area contributed by atoms with E-state index in [0.29, 0.717) is 35.1 Å². The van der Waals surface area contributed by atoms with E-state index in [4.69, 9.17) is 0 Å². The van der Waals surface area contributed by atoms with Crippen molar-refractivity contribution in [2.75, 3.05) is 0 Å². The number of Topliss-reactive ketones (excluding diaryl/α,β-unsaturated/α-hetero) is 2. The Kier molecular flexibility index (Phi) is 4.20.